The van der Waals surface area contributed by atoms with Gasteiger partial charge in [-0.1, -0.05) is 31.2 Å². The topological polar surface area (TPSA) is 74.8 Å². The van der Waals surface area contributed by atoms with Gasteiger partial charge in [0.05, 0.1) is 16.9 Å². The van der Waals surface area contributed by atoms with Crippen molar-refractivity contribution in [2.24, 2.45) is 0 Å². The molecule has 0 radical (unpaired) electrons. The number of rotatable bonds is 5. The molecule has 0 fully saturated rings. The number of hydrogen-bond donors (Lipinski definition) is 2. The van der Waals surface area contributed by atoms with Crippen LogP contribution in [0.25, 0.3) is 11.3 Å². The Kier molecular flexibility index (Phi) is 4.40. The second-order valence-corrected chi connectivity index (χ2v) is 7.24. The maximum Gasteiger partial charge on any atom is 0.261 e. The molecule has 3 rings (SSSR count). The predicted octanol–water partition coefficient (Wildman–Crippen LogP) is 3.75. The maximum absolute atomic E-state index is 12.4. The van der Waals surface area contributed by atoms with Crippen molar-refractivity contribution < 1.29 is 8.42 Å². The highest BCUT2D eigenvalue weighted by Gasteiger charge is 2.14. The molecule has 0 bridgehead atoms. The van der Waals surface area contributed by atoms with Gasteiger partial charge in [0.2, 0.25) is 0 Å². The van der Waals surface area contributed by atoms with E-state index in [2.05, 4.69) is 14.7 Å². The van der Waals surface area contributed by atoms with Crippen LogP contribution in [-0.4, -0.2) is 18.4 Å². The number of anilines is 1. The summed E-state index contributed by atoms with van der Waals surface area (Å²) in [4.78, 5) is 7.54. The highest BCUT2D eigenvalue weighted by Crippen LogP contribution is 2.23. The van der Waals surface area contributed by atoms with Crippen molar-refractivity contribution >= 4 is 15.7 Å². The number of H-pyrrole nitrogens is 1. The highest BCUT2D eigenvalue weighted by atomic mass is 32.2. The van der Waals surface area contributed by atoms with E-state index >= 15 is 0 Å². The number of benzene rings is 2. The number of nitrogens with one attached hydrogen (secondary N) is 2. The van der Waals surface area contributed by atoms with Gasteiger partial charge >= 0.3 is 0 Å². The summed E-state index contributed by atoms with van der Waals surface area (Å²) < 4.78 is 27.5. The van der Waals surface area contributed by atoms with E-state index in [1.165, 1.54) is 0 Å². The van der Waals surface area contributed by atoms with E-state index < -0.39 is 10.0 Å². The van der Waals surface area contributed by atoms with Gasteiger partial charge in [-0.3, -0.25) is 4.72 Å². The molecule has 2 aromatic carbocycles. The molecule has 2 N–H and O–H groups in total. The molecule has 0 atom stereocenters. The third-order valence-corrected chi connectivity index (χ3v) is 5.28. The molecule has 6 heteroatoms. The first-order valence-electron chi connectivity index (χ1n) is 7.72. The van der Waals surface area contributed by atoms with Crippen molar-refractivity contribution in [3.63, 3.8) is 0 Å². The van der Waals surface area contributed by atoms with Crippen molar-refractivity contribution in [3.8, 4) is 11.3 Å². The first-order chi connectivity index (χ1) is 11.5. The van der Waals surface area contributed by atoms with Crippen molar-refractivity contribution in [2.75, 3.05) is 4.72 Å². The molecule has 0 amide bonds. The van der Waals surface area contributed by atoms with Crippen molar-refractivity contribution in [1.29, 1.82) is 0 Å². The normalized spacial score (nSPS) is 11.4. The zero-order valence-corrected chi connectivity index (χ0v) is 14.4. The van der Waals surface area contributed by atoms with Gasteiger partial charge in [-0.05, 0) is 43.2 Å². The molecule has 1 aromatic heterocycles. The average molecular weight is 341 g/mol. The molecule has 0 aliphatic carbocycles. The lowest BCUT2D eigenvalue weighted by Gasteiger charge is -2.09. The minimum absolute atomic E-state index is 0.256. The molecular weight excluding hydrogens is 322 g/mol. The van der Waals surface area contributed by atoms with E-state index in [1.54, 1.807) is 30.6 Å². The van der Waals surface area contributed by atoms with Crippen LogP contribution in [0, 0.1) is 6.92 Å². The number of imidazole rings is 1. The summed E-state index contributed by atoms with van der Waals surface area (Å²) in [7, 11) is -3.58. The lowest BCUT2D eigenvalue weighted by molar-refractivity contribution is 0.601. The molecule has 3 aromatic rings. The second-order valence-electron chi connectivity index (χ2n) is 5.56. The number of aryl methyl sites for hydroxylation is 2. The minimum atomic E-state index is -3.58. The van der Waals surface area contributed by atoms with E-state index in [0.29, 0.717) is 5.69 Å². The van der Waals surface area contributed by atoms with Crippen LogP contribution in [-0.2, 0) is 16.4 Å². The molecular formula is C18H19N3O2S. The van der Waals surface area contributed by atoms with Gasteiger partial charge in [-0.25, -0.2) is 13.4 Å². The fraction of sp³-hybridized carbons (Fsp3) is 0.167. The quantitative estimate of drug-likeness (QED) is 0.742. The summed E-state index contributed by atoms with van der Waals surface area (Å²) in [5.74, 6) is 0. The van der Waals surface area contributed by atoms with Gasteiger partial charge in [-0.2, -0.15) is 0 Å². The smallest absolute Gasteiger partial charge is 0.261 e. The van der Waals surface area contributed by atoms with Crippen LogP contribution < -0.4 is 4.72 Å². The van der Waals surface area contributed by atoms with Gasteiger partial charge < -0.3 is 4.98 Å². The van der Waals surface area contributed by atoms with Crippen LogP contribution in [0.2, 0.25) is 0 Å². The van der Waals surface area contributed by atoms with Crippen LogP contribution >= 0.6 is 0 Å². The molecule has 5 nitrogen and oxygen atoms in total. The zero-order valence-electron chi connectivity index (χ0n) is 13.6. The SMILES string of the molecule is CCc1ccc(S(=O)(=O)Nc2ccc(-c3nc[nH]c3C)cc2)cc1. The molecule has 24 heavy (non-hydrogen) atoms. The van der Waals surface area contributed by atoms with E-state index in [-0.39, 0.29) is 4.90 Å². The molecule has 0 saturated carbocycles. The van der Waals surface area contributed by atoms with Gasteiger partial charge in [0.15, 0.2) is 0 Å². The summed E-state index contributed by atoms with van der Waals surface area (Å²) >= 11 is 0. The Morgan fingerprint density at radius 3 is 2.25 bits per heavy atom. The van der Waals surface area contributed by atoms with Crippen molar-refractivity contribution in [2.45, 2.75) is 25.2 Å². The average Bonchev–Trinajstić information content (AvgIpc) is 3.01. The summed E-state index contributed by atoms with van der Waals surface area (Å²) in [5.41, 5.74) is 4.39. The van der Waals surface area contributed by atoms with Gasteiger partial charge in [0.25, 0.3) is 10.0 Å². The number of aromatic nitrogens is 2. The van der Waals surface area contributed by atoms with E-state index in [9.17, 15) is 8.42 Å². The third-order valence-electron chi connectivity index (χ3n) is 3.88. The fourth-order valence-corrected chi connectivity index (χ4v) is 3.52. The summed E-state index contributed by atoms with van der Waals surface area (Å²) in [6, 6.07) is 14.1. The maximum atomic E-state index is 12.4. The molecule has 0 saturated heterocycles. The largest absolute Gasteiger partial charge is 0.348 e. The lowest BCUT2D eigenvalue weighted by Crippen LogP contribution is -2.12. The van der Waals surface area contributed by atoms with Gasteiger partial charge in [0, 0.05) is 16.9 Å². The zero-order chi connectivity index (χ0) is 17.2. The molecule has 0 aliphatic heterocycles. The fourth-order valence-electron chi connectivity index (χ4n) is 2.46. The Labute approximate surface area is 141 Å². The van der Waals surface area contributed by atoms with Gasteiger partial charge in [0.1, 0.15) is 0 Å². The molecule has 0 spiro atoms. The monoisotopic (exact) mass is 341 g/mol. The van der Waals surface area contributed by atoms with Crippen LogP contribution in [0.5, 0.6) is 0 Å². The first-order valence-corrected chi connectivity index (χ1v) is 9.20. The van der Waals surface area contributed by atoms with E-state index in [1.807, 2.05) is 38.1 Å². The number of hydrogen-bond acceptors (Lipinski definition) is 3. The van der Waals surface area contributed by atoms with Crippen LogP contribution in [0.3, 0.4) is 0 Å². The van der Waals surface area contributed by atoms with E-state index in [4.69, 9.17) is 0 Å². The minimum Gasteiger partial charge on any atom is -0.348 e. The lowest BCUT2D eigenvalue weighted by atomic mass is 10.1. The predicted molar refractivity (Wildman–Crippen MR) is 95.4 cm³/mol. The Balaban J connectivity index is 1.81. The van der Waals surface area contributed by atoms with Gasteiger partial charge in [-0.15, -0.1) is 0 Å². The number of aromatic amines is 1. The number of nitrogens with zero attached hydrogens (tertiary/aromatic N) is 1. The first kappa shape index (κ1) is 16.3. The summed E-state index contributed by atoms with van der Waals surface area (Å²) in [6.45, 7) is 3.98. The van der Waals surface area contributed by atoms with E-state index in [0.717, 1.165) is 28.9 Å². The van der Waals surface area contributed by atoms with Crippen LogP contribution in [0.15, 0.2) is 59.8 Å². The molecule has 0 unspecified atom stereocenters. The van der Waals surface area contributed by atoms with Crippen LogP contribution in [0.1, 0.15) is 18.2 Å². The van der Waals surface area contributed by atoms with Crippen LogP contribution in [0.4, 0.5) is 5.69 Å². The third kappa shape index (κ3) is 3.33. The summed E-state index contributed by atoms with van der Waals surface area (Å²) in [6.07, 6.45) is 2.52. The van der Waals surface area contributed by atoms with Crippen molar-refractivity contribution in [1.82, 2.24) is 9.97 Å². The molecule has 1 heterocycles. The summed E-state index contributed by atoms with van der Waals surface area (Å²) in [5, 5.41) is 0. The second kappa shape index (κ2) is 6.49. The standard InChI is InChI=1S/C18H19N3O2S/c1-3-14-4-10-17(11-5-14)24(22,23)21-16-8-6-15(7-9-16)18-13(2)19-12-20-18/h4-12,21H,3H2,1-2H3,(H,19,20). The Morgan fingerprint density at radius 1 is 1.04 bits per heavy atom. The molecule has 0 aliphatic rings. The number of sulfonamides is 1. The highest BCUT2D eigenvalue weighted by molar-refractivity contribution is 7.92. The Hall–Kier alpha value is -2.60. The Morgan fingerprint density at radius 2 is 1.71 bits per heavy atom. The molecule has 124 valence electrons. The Bertz CT molecular complexity index is 927. The van der Waals surface area contributed by atoms with Crippen molar-refractivity contribution in [3.05, 3.63) is 66.1 Å².